The Kier molecular flexibility index (Phi) is 3.62. The number of rotatable bonds is 4. The zero-order valence-electron chi connectivity index (χ0n) is 9.26. The molecule has 0 amide bonds. The first-order chi connectivity index (χ1) is 7.30. The molecular weight excluding hydrogens is 214 g/mol. The monoisotopic (exact) mass is 228 g/mol. The number of carbonyl (C=O) groups is 1. The summed E-state index contributed by atoms with van der Waals surface area (Å²) in [4.78, 5) is 10.2. The molecule has 0 radical (unpaired) electrons. The fourth-order valence-corrected chi connectivity index (χ4v) is 1.50. The lowest BCUT2D eigenvalue weighted by Crippen LogP contribution is -2.23. The molecule has 0 heterocycles. The van der Waals surface area contributed by atoms with Gasteiger partial charge in [-0.1, -0.05) is 18.2 Å². The number of carboxylic acid groups (broad SMARTS) is 1. The van der Waals surface area contributed by atoms with Crippen molar-refractivity contribution in [3.05, 3.63) is 34.9 Å². The van der Waals surface area contributed by atoms with Crippen molar-refractivity contribution in [2.75, 3.05) is 0 Å². The van der Waals surface area contributed by atoms with Gasteiger partial charge in [-0.05, 0) is 30.5 Å². The van der Waals surface area contributed by atoms with Crippen molar-refractivity contribution < 1.29 is 18.7 Å². The van der Waals surface area contributed by atoms with Gasteiger partial charge in [-0.15, -0.1) is 0 Å². The summed E-state index contributed by atoms with van der Waals surface area (Å²) in [5.74, 6) is -4.66. The summed E-state index contributed by atoms with van der Waals surface area (Å²) in [6.45, 7) is 3.74. The maximum Gasteiger partial charge on any atom is 0.309 e. The minimum atomic E-state index is -3.19. The van der Waals surface area contributed by atoms with Gasteiger partial charge in [0.25, 0.3) is 5.92 Å². The van der Waals surface area contributed by atoms with E-state index in [1.807, 2.05) is 13.8 Å². The van der Waals surface area contributed by atoms with Gasteiger partial charge in [0.05, 0.1) is 0 Å². The Bertz CT molecular complexity index is 400. The second-order valence-electron chi connectivity index (χ2n) is 4.02. The molecule has 4 heteroatoms. The standard InChI is InChI=1S/C12H14F2O2/c1-8-3-4-10(5-9(8)2)6-12(13,14)7-11(15)16/h3-5H,6-7H2,1-2H3,(H,15,16). The third kappa shape index (κ3) is 3.61. The molecule has 0 saturated carbocycles. The Morgan fingerprint density at radius 1 is 1.31 bits per heavy atom. The summed E-state index contributed by atoms with van der Waals surface area (Å²) in [6.07, 6.45) is -1.65. The molecule has 0 aliphatic rings. The van der Waals surface area contributed by atoms with Crippen molar-refractivity contribution in [3.63, 3.8) is 0 Å². The average molecular weight is 228 g/mol. The van der Waals surface area contributed by atoms with Gasteiger partial charge < -0.3 is 5.11 Å². The molecule has 1 rings (SSSR count). The van der Waals surface area contributed by atoms with Gasteiger partial charge in [0.2, 0.25) is 0 Å². The van der Waals surface area contributed by atoms with Crippen LogP contribution in [0.1, 0.15) is 23.1 Å². The number of hydrogen-bond donors (Lipinski definition) is 1. The van der Waals surface area contributed by atoms with Gasteiger partial charge in [-0.3, -0.25) is 4.79 Å². The second kappa shape index (κ2) is 4.60. The third-order valence-electron chi connectivity index (χ3n) is 2.44. The molecule has 1 N–H and O–H groups in total. The van der Waals surface area contributed by atoms with Crippen LogP contribution in [-0.4, -0.2) is 17.0 Å². The van der Waals surface area contributed by atoms with E-state index in [4.69, 9.17) is 5.11 Å². The topological polar surface area (TPSA) is 37.3 Å². The maximum absolute atomic E-state index is 13.2. The molecule has 1 aromatic carbocycles. The van der Waals surface area contributed by atoms with Crippen LogP contribution in [0.2, 0.25) is 0 Å². The molecule has 2 nitrogen and oxygen atoms in total. The second-order valence-corrected chi connectivity index (χ2v) is 4.02. The Balaban J connectivity index is 2.79. The van der Waals surface area contributed by atoms with Crippen LogP contribution in [0.25, 0.3) is 0 Å². The Morgan fingerprint density at radius 3 is 2.44 bits per heavy atom. The first-order valence-electron chi connectivity index (χ1n) is 4.96. The minimum absolute atomic E-state index is 0.467. The molecule has 0 bridgehead atoms. The molecule has 0 spiro atoms. The van der Waals surface area contributed by atoms with Crippen LogP contribution in [0.3, 0.4) is 0 Å². The highest BCUT2D eigenvalue weighted by Gasteiger charge is 2.32. The molecule has 16 heavy (non-hydrogen) atoms. The number of carboxylic acids is 1. The number of halogens is 2. The number of alkyl halides is 2. The first kappa shape index (κ1) is 12.6. The summed E-state index contributed by atoms with van der Waals surface area (Å²) in [7, 11) is 0. The Labute approximate surface area is 92.9 Å². The predicted octanol–water partition coefficient (Wildman–Crippen LogP) is 2.96. The van der Waals surface area contributed by atoms with Crippen molar-refractivity contribution >= 4 is 5.97 Å². The van der Waals surface area contributed by atoms with Gasteiger partial charge >= 0.3 is 5.97 Å². The van der Waals surface area contributed by atoms with Crippen LogP contribution in [0.5, 0.6) is 0 Å². The van der Waals surface area contributed by atoms with Crippen molar-refractivity contribution in [2.45, 2.75) is 32.6 Å². The molecule has 0 unspecified atom stereocenters. The molecule has 0 saturated heterocycles. The molecular formula is C12H14F2O2. The van der Waals surface area contributed by atoms with Crippen molar-refractivity contribution in [3.8, 4) is 0 Å². The normalized spacial score (nSPS) is 11.5. The van der Waals surface area contributed by atoms with Crippen LogP contribution in [-0.2, 0) is 11.2 Å². The molecule has 0 fully saturated rings. The highest BCUT2D eigenvalue weighted by atomic mass is 19.3. The van der Waals surface area contributed by atoms with Crippen LogP contribution < -0.4 is 0 Å². The average Bonchev–Trinajstić information content (AvgIpc) is 2.08. The van der Waals surface area contributed by atoms with E-state index in [-0.39, 0.29) is 0 Å². The SMILES string of the molecule is Cc1ccc(CC(F)(F)CC(=O)O)cc1C. The van der Waals surface area contributed by atoms with Crippen LogP contribution >= 0.6 is 0 Å². The van der Waals surface area contributed by atoms with Gasteiger partial charge in [-0.25, -0.2) is 8.78 Å². The van der Waals surface area contributed by atoms with E-state index in [2.05, 4.69) is 0 Å². The van der Waals surface area contributed by atoms with E-state index < -0.39 is 24.7 Å². The van der Waals surface area contributed by atoms with Gasteiger partial charge in [-0.2, -0.15) is 0 Å². The fourth-order valence-electron chi connectivity index (χ4n) is 1.50. The smallest absolute Gasteiger partial charge is 0.309 e. The fraction of sp³-hybridized carbons (Fsp3) is 0.417. The van der Waals surface area contributed by atoms with Crippen LogP contribution in [0, 0.1) is 13.8 Å². The highest BCUT2D eigenvalue weighted by molar-refractivity contribution is 5.67. The van der Waals surface area contributed by atoms with E-state index in [0.29, 0.717) is 5.56 Å². The number of hydrogen-bond acceptors (Lipinski definition) is 1. The largest absolute Gasteiger partial charge is 0.481 e. The maximum atomic E-state index is 13.2. The summed E-state index contributed by atoms with van der Waals surface area (Å²) in [6, 6.07) is 5.05. The molecule has 1 aromatic rings. The first-order valence-corrected chi connectivity index (χ1v) is 4.96. The van der Waals surface area contributed by atoms with Crippen LogP contribution in [0.15, 0.2) is 18.2 Å². The van der Waals surface area contributed by atoms with Crippen LogP contribution in [0.4, 0.5) is 8.78 Å². The lowest BCUT2D eigenvalue weighted by atomic mass is 10.0. The van der Waals surface area contributed by atoms with Crippen molar-refractivity contribution in [2.24, 2.45) is 0 Å². The van der Waals surface area contributed by atoms with E-state index >= 15 is 0 Å². The zero-order chi connectivity index (χ0) is 12.3. The number of aryl methyl sites for hydroxylation is 2. The molecule has 0 aromatic heterocycles. The van der Waals surface area contributed by atoms with E-state index in [9.17, 15) is 13.6 Å². The van der Waals surface area contributed by atoms with Crippen molar-refractivity contribution in [1.82, 2.24) is 0 Å². The minimum Gasteiger partial charge on any atom is -0.481 e. The summed E-state index contributed by atoms with van der Waals surface area (Å²) < 4.78 is 26.4. The lowest BCUT2D eigenvalue weighted by molar-refractivity contribution is -0.144. The lowest BCUT2D eigenvalue weighted by Gasteiger charge is -2.14. The summed E-state index contributed by atoms with van der Waals surface area (Å²) in [5, 5.41) is 8.35. The zero-order valence-corrected chi connectivity index (χ0v) is 9.26. The van der Waals surface area contributed by atoms with Gasteiger partial charge in [0, 0.05) is 6.42 Å². The van der Waals surface area contributed by atoms with Gasteiger partial charge in [0.1, 0.15) is 6.42 Å². The van der Waals surface area contributed by atoms with E-state index in [1.54, 1.807) is 18.2 Å². The molecule has 0 aliphatic heterocycles. The Hall–Kier alpha value is -1.45. The number of aliphatic carboxylic acids is 1. The third-order valence-corrected chi connectivity index (χ3v) is 2.44. The Morgan fingerprint density at radius 2 is 1.94 bits per heavy atom. The van der Waals surface area contributed by atoms with Gasteiger partial charge in [0.15, 0.2) is 0 Å². The number of benzene rings is 1. The molecule has 0 aliphatic carbocycles. The molecule has 88 valence electrons. The van der Waals surface area contributed by atoms with E-state index in [0.717, 1.165) is 11.1 Å². The summed E-state index contributed by atoms with van der Waals surface area (Å²) in [5.41, 5.74) is 2.43. The highest BCUT2D eigenvalue weighted by Crippen LogP contribution is 2.24. The van der Waals surface area contributed by atoms with E-state index in [1.165, 1.54) is 0 Å². The quantitative estimate of drug-likeness (QED) is 0.860. The predicted molar refractivity (Wildman–Crippen MR) is 56.8 cm³/mol. The molecule has 0 atom stereocenters. The van der Waals surface area contributed by atoms with Crippen molar-refractivity contribution in [1.29, 1.82) is 0 Å². The summed E-state index contributed by atoms with van der Waals surface area (Å²) >= 11 is 0.